The Bertz CT molecular complexity index is 885. The standard InChI is InChI=1S/C22H27NO3S/c1-16(2)17(3)23(20-13-14-20)22(24)19-11-9-18(10-12-19)15-27(25,26)21-7-5-4-6-8-21/h4-12,16-17,20H,13-15H2,1-3H3. The number of carbonyl (C=O) groups excluding carboxylic acids is 1. The molecule has 1 aliphatic carbocycles. The van der Waals surface area contributed by atoms with E-state index in [0.29, 0.717) is 28.0 Å². The molecule has 144 valence electrons. The highest BCUT2D eigenvalue weighted by Gasteiger charge is 2.37. The van der Waals surface area contributed by atoms with Gasteiger partial charge in [-0.2, -0.15) is 0 Å². The van der Waals surface area contributed by atoms with Gasteiger partial charge in [0.2, 0.25) is 0 Å². The van der Waals surface area contributed by atoms with Crippen molar-refractivity contribution >= 4 is 15.7 Å². The molecule has 0 aromatic heterocycles. The Morgan fingerprint density at radius 3 is 2.11 bits per heavy atom. The van der Waals surface area contributed by atoms with Gasteiger partial charge in [0.15, 0.2) is 9.84 Å². The second-order valence-electron chi connectivity index (χ2n) is 7.70. The summed E-state index contributed by atoms with van der Waals surface area (Å²) in [5.74, 6) is 0.362. The van der Waals surface area contributed by atoms with Crippen molar-refractivity contribution in [2.24, 2.45) is 5.92 Å². The fourth-order valence-corrected chi connectivity index (χ4v) is 4.55. The number of sulfone groups is 1. The quantitative estimate of drug-likeness (QED) is 0.714. The SMILES string of the molecule is CC(C)C(C)N(C(=O)c1ccc(CS(=O)(=O)c2ccccc2)cc1)C1CC1. The van der Waals surface area contributed by atoms with Gasteiger partial charge >= 0.3 is 0 Å². The zero-order chi connectivity index (χ0) is 19.6. The van der Waals surface area contributed by atoms with E-state index in [1.54, 1.807) is 54.6 Å². The number of carbonyl (C=O) groups is 1. The molecule has 3 rings (SSSR count). The average molecular weight is 386 g/mol. The van der Waals surface area contributed by atoms with Gasteiger partial charge in [-0.25, -0.2) is 8.42 Å². The van der Waals surface area contributed by atoms with Gasteiger partial charge in [-0.05, 0) is 55.5 Å². The van der Waals surface area contributed by atoms with Gasteiger partial charge in [0.1, 0.15) is 0 Å². The summed E-state index contributed by atoms with van der Waals surface area (Å²) in [4.78, 5) is 15.3. The smallest absolute Gasteiger partial charge is 0.254 e. The fraction of sp³-hybridized carbons (Fsp3) is 0.409. The first-order valence-corrected chi connectivity index (χ1v) is 11.1. The number of benzene rings is 2. The predicted molar refractivity (Wildman–Crippen MR) is 107 cm³/mol. The molecule has 1 unspecified atom stereocenters. The summed E-state index contributed by atoms with van der Waals surface area (Å²) in [6.07, 6.45) is 2.13. The molecular formula is C22H27NO3S. The van der Waals surface area contributed by atoms with E-state index in [1.165, 1.54) is 0 Å². The van der Waals surface area contributed by atoms with Crippen LogP contribution in [0, 0.1) is 5.92 Å². The highest BCUT2D eigenvalue weighted by atomic mass is 32.2. The zero-order valence-corrected chi connectivity index (χ0v) is 16.9. The number of hydrogen-bond acceptors (Lipinski definition) is 3. The van der Waals surface area contributed by atoms with Crippen LogP contribution in [-0.2, 0) is 15.6 Å². The first-order chi connectivity index (χ1) is 12.8. The molecule has 0 bridgehead atoms. The van der Waals surface area contributed by atoms with Crippen molar-refractivity contribution in [2.45, 2.75) is 56.3 Å². The first kappa shape index (κ1) is 19.6. The summed E-state index contributed by atoms with van der Waals surface area (Å²) in [5.41, 5.74) is 1.31. The number of rotatable bonds is 7. The zero-order valence-electron chi connectivity index (χ0n) is 16.1. The minimum absolute atomic E-state index is 0.0381. The lowest BCUT2D eigenvalue weighted by Gasteiger charge is -2.32. The van der Waals surface area contributed by atoms with E-state index >= 15 is 0 Å². The summed E-state index contributed by atoms with van der Waals surface area (Å²) >= 11 is 0. The Balaban J connectivity index is 1.76. The third-order valence-corrected chi connectivity index (χ3v) is 6.94. The summed E-state index contributed by atoms with van der Waals surface area (Å²) < 4.78 is 25.0. The molecule has 0 N–H and O–H groups in total. The van der Waals surface area contributed by atoms with Gasteiger partial charge in [-0.3, -0.25) is 4.79 Å². The summed E-state index contributed by atoms with van der Waals surface area (Å²) in [6, 6.07) is 16.0. The van der Waals surface area contributed by atoms with Gasteiger partial charge in [0, 0.05) is 17.6 Å². The van der Waals surface area contributed by atoms with Crippen molar-refractivity contribution in [3.8, 4) is 0 Å². The third kappa shape index (κ3) is 4.59. The van der Waals surface area contributed by atoms with Gasteiger partial charge in [0.05, 0.1) is 10.6 Å². The Hall–Kier alpha value is -2.14. The van der Waals surface area contributed by atoms with Crippen LogP contribution in [0.2, 0.25) is 0 Å². The van der Waals surface area contributed by atoms with Crippen LogP contribution >= 0.6 is 0 Å². The lowest BCUT2D eigenvalue weighted by molar-refractivity contribution is 0.0628. The van der Waals surface area contributed by atoms with Crippen LogP contribution in [0.15, 0.2) is 59.5 Å². The minimum atomic E-state index is -3.39. The van der Waals surface area contributed by atoms with Crippen LogP contribution in [0.5, 0.6) is 0 Å². The monoisotopic (exact) mass is 385 g/mol. The van der Waals surface area contributed by atoms with E-state index in [2.05, 4.69) is 20.8 Å². The largest absolute Gasteiger partial charge is 0.333 e. The van der Waals surface area contributed by atoms with Crippen LogP contribution in [0.4, 0.5) is 0 Å². The second kappa shape index (κ2) is 7.85. The van der Waals surface area contributed by atoms with Gasteiger partial charge in [-0.1, -0.05) is 44.2 Å². The second-order valence-corrected chi connectivity index (χ2v) is 9.69. The summed E-state index contributed by atoms with van der Waals surface area (Å²) in [6.45, 7) is 6.36. The number of nitrogens with zero attached hydrogens (tertiary/aromatic N) is 1. The molecule has 1 fully saturated rings. The molecule has 1 aliphatic rings. The van der Waals surface area contributed by atoms with Crippen LogP contribution in [0.25, 0.3) is 0 Å². The molecule has 5 heteroatoms. The van der Waals surface area contributed by atoms with E-state index in [1.807, 2.05) is 4.90 Å². The molecule has 27 heavy (non-hydrogen) atoms. The molecule has 0 heterocycles. The van der Waals surface area contributed by atoms with Crippen molar-refractivity contribution in [1.29, 1.82) is 0 Å². The van der Waals surface area contributed by atoms with E-state index in [0.717, 1.165) is 12.8 Å². The third-order valence-electron chi connectivity index (χ3n) is 5.24. The fourth-order valence-electron chi connectivity index (χ4n) is 3.18. The van der Waals surface area contributed by atoms with Gasteiger partial charge in [-0.15, -0.1) is 0 Å². The molecule has 4 nitrogen and oxygen atoms in total. The molecule has 2 aromatic carbocycles. The Labute approximate surface area is 162 Å². The maximum atomic E-state index is 13.0. The van der Waals surface area contributed by atoms with Gasteiger partial charge < -0.3 is 4.90 Å². The Morgan fingerprint density at radius 1 is 1.00 bits per heavy atom. The van der Waals surface area contributed by atoms with Crippen molar-refractivity contribution in [3.05, 3.63) is 65.7 Å². The maximum Gasteiger partial charge on any atom is 0.254 e. The van der Waals surface area contributed by atoms with E-state index < -0.39 is 9.84 Å². The molecule has 2 aromatic rings. The normalized spacial score (nSPS) is 15.6. The molecule has 0 spiro atoms. The molecular weight excluding hydrogens is 358 g/mol. The average Bonchev–Trinajstić information content (AvgIpc) is 3.47. The van der Waals surface area contributed by atoms with E-state index in [9.17, 15) is 13.2 Å². The molecule has 1 amide bonds. The topological polar surface area (TPSA) is 54.5 Å². The van der Waals surface area contributed by atoms with Crippen molar-refractivity contribution in [1.82, 2.24) is 4.90 Å². The Morgan fingerprint density at radius 2 is 1.59 bits per heavy atom. The highest BCUT2D eigenvalue weighted by Crippen LogP contribution is 2.32. The van der Waals surface area contributed by atoms with E-state index in [-0.39, 0.29) is 17.7 Å². The molecule has 1 atom stereocenters. The Kier molecular flexibility index (Phi) is 5.70. The minimum Gasteiger partial charge on any atom is -0.333 e. The number of hydrogen-bond donors (Lipinski definition) is 0. The summed E-state index contributed by atoms with van der Waals surface area (Å²) in [7, 11) is -3.39. The van der Waals surface area contributed by atoms with Crippen LogP contribution in [0.3, 0.4) is 0 Å². The number of amides is 1. The molecule has 0 radical (unpaired) electrons. The van der Waals surface area contributed by atoms with Gasteiger partial charge in [0.25, 0.3) is 5.91 Å². The lowest BCUT2D eigenvalue weighted by atomic mass is 10.0. The predicted octanol–water partition coefficient (Wildman–Crippen LogP) is 4.31. The van der Waals surface area contributed by atoms with Crippen molar-refractivity contribution in [2.75, 3.05) is 0 Å². The van der Waals surface area contributed by atoms with Crippen molar-refractivity contribution < 1.29 is 13.2 Å². The van der Waals surface area contributed by atoms with Crippen molar-refractivity contribution in [3.63, 3.8) is 0 Å². The van der Waals surface area contributed by atoms with Crippen LogP contribution in [0.1, 0.15) is 49.5 Å². The first-order valence-electron chi connectivity index (χ1n) is 9.49. The maximum absolute atomic E-state index is 13.0. The molecule has 0 aliphatic heterocycles. The summed E-state index contributed by atoms with van der Waals surface area (Å²) in [5, 5.41) is 0. The van der Waals surface area contributed by atoms with Crippen LogP contribution in [-0.4, -0.2) is 31.3 Å². The lowest BCUT2D eigenvalue weighted by Crippen LogP contribution is -2.43. The highest BCUT2D eigenvalue weighted by molar-refractivity contribution is 7.90. The van der Waals surface area contributed by atoms with Crippen LogP contribution < -0.4 is 0 Å². The van der Waals surface area contributed by atoms with E-state index in [4.69, 9.17) is 0 Å². The molecule has 0 saturated heterocycles. The molecule has 1 saturated carbocycles.